The highest BCUT2D eigenvalue weighted by atomic mass is 19.4. The van der Waals surface area contributed by atoms with E-state index in [9.17, 15) is 22.8 Å². The first kappa shape index (κ1) is 20.7. The van der Waals surface area contributed by atoms with Gasteiger partial charge in [0.1, 0.15) is 5.75 Å². The molecular weight excluding hydrogens is 409 g/mol. The summed E-state index contributed by atoms with van der Waals surface area (Å²) in [5.41, 5.74) is 0.785. The molecule has 0 unspecified atom stereocenters. The van der Waals surface area contributed by atoms with Crippen LogP contribution in [-0.2, 0) is 11.3 Å². The molecule has 1 aliphatic rings. The Hall–Kier alpha value is -3.55. The number of benzene rings is 3. The monoisotopic (exact) mass is 428 g/mol. The van der Waals surface area contributed by atoms with Gasteiger partial charge in [0.05, 0.1) is 11.3 Å². The van der Waals surface area contributed by atoms with E-state index in [1.54, 1.807) is 18.2 Å². The maximum absolute atomic E-state index is 12.9. The molecule has 8 heteroatoms. The average molecular weight is 428 g/mol. The molecule has 0 radical (unpaired) electrons. The second-order valence-electron chi connectivity index (χ2n) is 7.35. The van der Waals surface area contributed by atoms with Crippen LogP contribution in [0.25, 0.3) is 10.8 Å². The molecule has 2 N–H and O–H groups in total. The van der Waals surface area contributed by atoms with Crippen LogP contribution in [0.5, 0.6) is 5.75 Å². The van der Waals surface area contributed by atoms with E-state index in [2.05, 4.69) is 15.4 Å². The van der Waals surface area contributed by atoms with Gasteiger partial charge in [0, 0.05) is 18.0 Å². The van der Waals surface area contributed by atoms with E-state index >= 15 is 0 Å². The SMILES string of the molecule is O=C(NCc1ccccc1OC(F)(F)F)c1cc2ccccc2cc1NC(=O)C1CC1. The summed E-state index contributed by atoms with van der Waals surface area (Å²) in [6.07, 6.45) is -3.20. The molecule has 0 aromatic heterocycles. The van der Waals surface area contributed by atoms with Gasteiger partial charge in [-0.15, -0.1) is 13.2 Å². The van der Waals surface area contributed by atoms with Crippen LogP contribution < -0.4 is 15.4 Å². The van der Waals surface area contributed by atoms with Crippen molar-refractivity contribution in [1.82, 2.24) is 5.32 Å². The van der Waals surface area contributed by atoms with Crippen molar-refractivity contribution in [3.8, 4) is 5.75 Å². The number of hydrogen-bond acceptors (Lipinski definition) is 3. The van der Waals surface area contributed by atoms with E-state index < -0.39 is 12.3 Å². The van der Waals surface area contributed by atoms with Gasteiger partial charge in [0.25, 0.3) is 5.91 Å². The molecule has 0 spiro atoms. The summed E-state index contributed by atoms with van der Waals surface area (Å²) in [5.74, 6) is -1.09. The summed E-state index contributed by atoms with van der Waals surface area (Å²) in [7, 11) is 0. The van der Waals surface area contributed by atoms with Crippen molar-refractivity contribution in [2.45, 2.75) is 25.7 Å². The fraction of sp³-hybridized carbons (Fsp3) is 0.217. The number of hydrogen-bond donors (Lipinski definition) is 2. The lowest BCUT2D eigenvalue weighted by atomic mass is 10.0. The fourth-order valence-electron chi connectivity index (χ4n) is 3.26. The predicted molar refractivity (Wildman–Crippen MR) is 110 cm³/mol. The van der Waals surface area contributed by atoms with E-state index in [-0.39, 0.29) is 35.2 Å². The molecule has 1 aliphatic carbocycles. The Morgan fingerprint density at radius 2 is 1.61 bits per heavy atom. The summed E-state index contributed by atoms with van der Waals surface area (Å²) in [6, 6.07) is 16.4. The largest absolute Gasteiger partial charge is 0.573 e. The Labute approximate surface area is 176 Å². The molecule has 0 atom stereocenters. The topological polar surface area (TPSA) is 67.4 Å². The lowest BCUT2D eigenvalue weighted by Gasteiger charge is -2.15. The molecule has 3 aromatic carbocycles. The number of para-hydroxylation sites is 1. The number of amides is 2. The van der Waals surface area contributed by atoms with E-state index in [0.29, 0.717) is 5.69 Å². The van der Waals surface area contributed by atoms with Gasteiger partial charge in [-0.25, -0.2) is 0 Å². The number of ether oxygens (including phenoxy) is 1. The number of fused-ring (bicyclic) bond motifs is 1. The second kappa shape index (κ2) is 8.29. The summed E-state index contributed by atoms with van der Waals surface area (Å²) < 4.78 is 41.9. The molecule has 3 aromatic rings. The Morgan fingerprint density at radius 1 is 0.968 bits per heavy atom. The van der Waals surface area contributed by atoms with Crippen LogP contribution in [0, 0.1) is 5.92 Å². The Kier molecular flexibility index (Phi) is 5.54. The van der Waals surface area contributed by atoms with Gasteiger partial charge in [-0.2, -0.15) is 0 Å². The van der Waals surface area contributed by atoms with Crippen LogP contribution >= 0.6 is 0 Å². The summed E-state index contributed by atoms with van der Waals surface area (Å²) in [4.78, 5) is 25.2. The molecule has 0 heterocycles. The number of carbonyl (C=O) groups is 2. The van der Waals surface area contributed by atoms with Crippen molar-refractivity contribution in [1.29, 1.82) is 0 Å². The van der Waals surface area contributed by atoms with E-state index in [1.165, 1.54) is 18.2 Å². The molecule has 0 bridgehead atoms. The molecule has 0 saturated heterocycles. The normalized spacial score (nSPS) is 13.6. The van der Waals surface area contributed by atoms with Crippen LogP contribution in [0.3, 0.4) is 0 Å². The molecular formula is C23H19F3N2O3. The zero-order chi connectivity index (χ0) is 22.0. The molecule has 1 saturated carbocycles. The van der Waals surface area contributed by atoms with Gasteiger partial charge in [-0.3, -0.25) is 9.59 Å². The molecule has 2 amide bonds. The third-order valence-corrected chi connectivity index (χ3v) is 4.97. The number of halogens is 3. The second-order valence-corrected chi connectivity index (χ2v) is 7.35. The predicted octanol–water partition coefficient (Wildman–Crippen LogP) is 5.02. The summed E-state index contributed by atoms with van der Waals surface area (Å²) >= 11 is 0. The van der Waals surface area contributed by atoms with Gasteiger partial charge in [0.15, 0.2) is 0 Å². The maximum atomic E-state index is 12.9. The minimum Gasteiger partial charge on any atom is -0.405 e. The van der Waals surface area contributed by atoms with E-state index in [0.717, 1.165) is 23.6 Å². The molecule has 31 heavy (non-hydrogen) atoms. The zero-order valence-electron chi connectivity index (χ0n) is 16.3. The molecule has 160 valence electrons. The Balaban J connectivity index is 1.58. The fourth-order valence-corrected chi connectivity index (χ4v) is 3.26. The van der Waals surface area contributed by atoms with Crippen molar-refractivity contribution in [3.63, 3.8) is 0 Å². The van der Waals surface area contributed by atoms with Crippen LogP contribution in [0.1, 0.15) is 28.8 Å². The highest BCUT2D eigenvalue weighted by Gasteiger charge is 2.32. The van der Waals surface area contributed by atoms with Gasteiger partial charge >= 0.3 is 6.36 Å². The molecule has 5 nitrogen and oxygen atoms in total. The quantitative estimate of drug-likeness (QED) is 0.580. The van der Waals surface area contributed by atoms with Crippen molar-refractivity contribution in [2.24, 2.45) is 5.92 Å². The highest BCUT2D eigenvalue weighted by molar-refractivity contribution is 6.08. The number of rotatable bonds is 6. The Morgan fingerprint density at radius 3 is 2.29 bits per heavy atom. The molecule has 0 aliphatic heterocycles. The van der Waals surface area contributed by atoms with Crippen molar-refractivity contribution >= 4 is 28.3 Å². The van der Waals surface area contributed by atoms with Crippen molar-refractivity contribution in [3.05, 3.63) is 71.8 Å². The number of carbonyl (C=O) groups excluding carboxylic acids is 2. The van der Waals surface area contributed by atoms with Gasteiger partial charge in [-0.1, -0.05) is 42.5 Å². The van der Waals surface area contributed by atoms with Crippen LogP contribution in [0.2, 0.25) is 0 Å². The van der Waals surface area contributed by atoms with Gasteiger partial charge < -0.3 is 15.4 Å². The number of nitrogens with one attached hydrogen (secondary N) is 2. The standard InChI is InChI=1S/C23H19F3N2O3/c24-23(25,26)31-20-8-4-3-7-17(20)13-27-22(30)18-11-15-5-1-2-6-16(15)12-19(18)28-21(29)14-9-10-14/h1-8,11-12,14H,9-10,13H2,(H,27,30)(H,28,29). The molecule has 1 fully saturated rings. The first-order valence-corrected chi connectivity index (χ1v) is 9.76. The minimum atomic E-state index is -4.83. The lowest BCUT2D eigenvalue weighted by Crippen LogP contribution is -2.26. The first-order valence-electron chi connectivity index (χ1n) is 9.76. The lowest BCUT2D eigenvalue weighted by molar-refractivity contribution is -0.274. The van der Waals surface area contributed by atoms with E-state index in [4.69, 9.17) is 0 Å². The number of anilines is 1. The van der Waals surface area contributed by atoms with Crippen LogP contribution in [0.15, 0.2) is 60.7 Å². The van der Waals surface area contributed by atoms with Crippen molar-refractivity contribution in [2.75, 3.05) is 5.32 Å². The average Bonchev–Trinajstić information content (AvgIpc) is 3.57. The maximum Gasteiger partial charge on any atom is 0.573 e. The third kappa shape index (κ3) is 5.14. The van der Waals surface area contributed by atoms with E-state index in [1.807, 2.05) is 24.3 Å². The smallest absolute Gasteiger partial charge is 0.405 e. The number of alkyl halides is 3. The zero-order valence-corrected chi connectivity index (χ0v) is 16.3. The van der Waals surface area contributed by atoms with Gasteiger partial charge in [0.2, 0.25) is 5.91 Å². The van der Waals surface area contributed by atoms with Crippen LogP contribution in [-0.4, -0.2) is 18.2 Å². The Bertz CT molecular complexity index is 1140. The highest BCUT2D eigenvalue weighted by Crippen LogP contribution is 2.32. The van der Waals surface area contributed by atoms with Gasteiger partial charge in [-0.05, 0) is 41.8 Å². The minimum absolute atomic E-state index is 0.0474. The van der Waals surface area contributed by atoms with Crippen LogP contribution in [0.4, 0.5) is 18.9 Å². The van der Waals surface area contributed by atoms with Crippen molar-refractivity contribution < 1.29 is 27.5 Å². The third-order valence-electron chi connectivity index (χ3n) is 4.97. The molecule has 4 rings (SSSR count). The summed E-state index contributed by atoms with van der Waals surface area (Å²) in [6.45, 7) is -0.173. The first-order chi connectivity index (χ1) is 14.8. The summed E-state index contributed by atoms with van der Waals surface area (Å²) in [5, 5.41) is 7.10.